The van der Waals surface area contributed by atoms with Crippen LogP contribution in [-0.4, -0.2) is 50.7 Å². The number of piperidine rings is 1. The van der Waals surface area contributed by atoms with Crippen LogP contribution in [0.25, 0.3) is 0 Å². The molecule has 0 radical (unpaired) electrons. The lowest BCUT2D eigenvalue weighted by Crippen LogP contribution is -2.37. The number of fused-ring (bicyclic) bond motifs is 1. The summed E-state index contributed by atoms with van der Waals surface area (Å²) in [5.41, 5.74) is 1.25. The summed E-state index contributed by atoms with van der Waals surface area (Å²) in [7, 11) is 0. The number of benzene rings is 1. The number of hydrogen-bond donors (Lipinski definition) is 0. The molecule has 126 valence electrons. The lowest BCUT2D eigenvalue weighted by Gasteiger charge is -2.34. The summed E-state index contributed by atoms with van der Waals surface area (Å²) in [5, 5.41) is 0. The lowest BCUT2D eigenvalue weighted by atomic mass is 9.96. The van der Waals surface area contributed by atoms with Crippen LogP contribution in [-0.2, 0) is 16.0 Å². The van der Waals surface area contributed by atoms with Crippen molar-refractivity contribution in [1.29, 1.82) is 0 Å². The van der Waals surface area contributed by atoms with Crippen LogP contribution in [0.1, 0.15) is 18.4 Å². The molecule has 23 heavy (non-hydrogen) atoms. The van der Waals surface area contributed by atoms with E-state index in [0.29, 0.717) is 19.1 Å². The number of nitrogens with zero attached hydrogens (tertiary/aromatic N) is 1. The van der Waals surface area contributed by atoms with E-state index in [0.717, 1.165) is 61.7 Å². The van der Waals surface area contributed by atoms with Gasteiger partial charge in [-0.3, -0.25) is 4.90 Å². The molecule has 2 saturated heterocycles. The molecule has 3 aliphatic heterocycles. The van der Waals surface area contributed by atoms with Crippen molar-refractivity contribution in [1.82, 2.24) is 4.90 Å². The highest BCUT2D eigenvalue weighted by molar-refractivity contribution is 9.10. The molecule has 1 aromatic rings. The van der Waals surface area contributed by atoms with Gasteiger partial charge in [-0.25, -0.2) is 0 Å². The van der Waals surface area contributed by atoms with Gasteiger partial charge in [0.2, 0.25) is 0 Å². The number of likely N-dealkylation sites (tertiary alicyclic amines) is 1. The van der Waals surface area contributed by atoms with Gasteiger partial charge in [-0.1, -0.05) is 15.9 Å². The van der Waals surface area contributed by atoms with Crippen LogP contribution in [0.4, 0.5) is 0 Å². The Labute approximate surface area is 145 Å². The van der Waals surface area contributed by atoms with E-state index in [2.05, 4.69) is 26.9 Å². The first kappa shape index (κ1) is 15.7. The van der Waals surface area contributed by atoms with Crippen LogP contribution in [0.5, 0.6) is 11.5 Å². The molecule has 3 heterocycles. The molecule has 2 fully saturated rings. The monoisotopic (exact) mass is 383 g/mol. The summed E-state index contributed by atoms with van der Waals surface area (Å²) in [4.78, 5) is 2.49. The van der Waals surface area contributed by atoms with E-state index >= 15 is 0 Å². The maximum Gasteiger partial charge on any atom is 0.162 e. The summed E-state index contributed by atoms with van der Waals surface area (Å²) in [5.74, 6) is 2.23. The zero-order chi connectivity index (χ0) is 15.6. The molecule has 1 aromatic carbocycles. The Morgan fingerprint density at radius 2 is 1.61 bits per heavy atom. The average Bonchev–Trinajstić information content (AvgIpc) is 3.11. The van der Waals surface area contributed by atoms with Gasteiger partial charge in [-0.2, -0.15) is 0 Å². The van der Waals surface area contributed by atoms with E-state index in [1.165, 1.54) is 5.56 Å². The third-order valence-corrected chi connectivity index (χ3v) is 5.51. The van der Waals surface area contributed by atoms with Gasteiger partial charge in [0.1, 0.15) is 13.2 Å². The first-order valence-electron chi connectivity index (χ1n) is 8.33. The Hall–Kier alpha value is -0.820. The van der Waals surface area contributed by atoms with Gasteiger partial charge >= 0.3 is 0 Å². The standard InChI is InChI=1S/C17H22BrNO4/c18-14-10-16-15(20-5-6-21-16)9-13(14)11-19-3-1-12(2-4-19)17-22-7-8-23-17/h9-10,12,17H,1-8,11H2. The first-order chi connectivity index (χ1) is 11.3. The van der Waals surface area contributed by atoms with Crippen LogP contribution < -0.4 is 9.47 Å². The normalized spacial score (nSPS) is 23.3. The summed E-state index contributed by atoms with van der Waals surface area (Å²) in [6.45, 7) is 5.82. The van der Waals surface area contributed by atoms with E-state index in [1.54, 1.807) is 0 Å². The maximum atomic E-state index is 5.70. The van der Waals surface area contributed by atoms with Crippen molar-refractivity contribution in [3.63, 3.8) is 0 Å². The van der Waals surface area contributed by atoms with Gasteiger partial charge in [0, 0.05) is 16.9 Å². The molecule has 0 atom stereocenters. The minimum Gasteiger partial charge on any atom is -0.486 e. The Kier molecular flexibility index (Phi) is 4.76. The fourth-order valence-electron chi connectivity index (χ4n) is 3.50. The minimum absolute atomic E-state index is 0.0261. The van der Waals surface area contributed by atoms with E-state index in [1.807, 2.05) is 6.07 Å². The third-order valence-electron chi connectivity index (χ3n) is 4.77. The van der Waals surface area contributed by atoms with Crippen molar-refractivity contribution in [2.45, 2.75) is 25.7 Å². The van der Waals surface area contributed by atoms with E-state index in [9.17, 15) is 0 Å². The summed E-state index contributed by atoms with van der Waals surface area (Å²) < 4.78 is 23.7. The van der Waals surface area contributed by atoms with Gasteiger partial charge in [-0.15, -0.1) is 0 Å². The van der Waals surface area contributed by atoms with Gasteiger partial charge in [0.25, 0.3) is 0 Å². The predicted molar refractivity (Wildman–Crippen MR) is 88.8 cm³/mol. The second-order valence-corrected chi connectivity index (χ2v) is 7.17. The average molecular weight is 384 g/mol. The lowest BCUT2D eigenvalue weighted by molar-refractivity contribution is -0.0978. The highest BCUT2D eigenvalue weighted by Gasteiger charge is 2.30. The molecular formula is C17H22BrNO4. The molecule has 0 amide bonds. The highest BCUT2D eigenvalue weighted by Crippen LogP contribution is 2.36. The van der Waals surface area contributed by atoms with Crippen molar-refractivity contribution >= 4 is 15.9 Å². The van der Waals surface area contributed by atoms with Gasteiger partial charge < -0.3 is 18.9 Å². The largest absolute Gasteiger partial charge is 0.486 e. The number of rotatable bonds is 3. The van der Waals surface area contributed by atoms with Gasteiger partial charge in [0.05, 0.1) is 13.2 Å². The quantitative estimate of drug-likeness (QED) is 0.802. The summed E-state index contributed by atoms with van der Waals surface area (Å²) in [6, 6.07) is 4.13. The van der Waals surface area contributed by atoms with E-state index in [4.69, 9.17) is 18.9 Å². The van der Waals surface area contributed by atoms with Crippen molar-refractivity contribution in [2.24, 2.45) is 5.92 Å². The number of hydrogen-bond acceptors (Lipinski definition) is 5. The summed E-state index contributed by atoms with van der Waals surface area (Å²) >= 11 is 3.67. The second kappa shape index (κ2) is 6.97. The topological polar surface area (TPSA) is 40.2 Å². The maximum absolute atomic E-state index is 5.70. The zero-order valence-electron chi connectivity index (χ0n) is 13.1. The van der Waals surface area contributed by atoms with Crippen LogP contribution in [0.3, 0.4) is 0 Å². The SMILES string of the molecule is Brc1cc2c(cc1CN1CCC(C3OCCO3)CC1)OCCO2. The Morgan fingerprint density at radius 1 is 0.957 bits per heavy atom. The van der Waals surface area contributed by atoms with Crippen molar-refractivity contribution in [3.05, 3.63) is 22.2 Å². The molecular weight excluding hydrogens is 362 g/mol. The molecule has 4 rings (SSSR count). The van der Waals surface area contributed by atoms with Crippen molar-refractivity contribution in [2.75, 3.05) is 39.5 Å². The van der Waals surface area contributed by atoms with Crippen LogP contribution in [0, 0.1) is 5.92 Å². The number of halogens is 1. The van der Waals surface area contributed by atoms with E-state index < -0.39 is 0 Å². The zero-order valence-corrected chi connectivity index (χ0v) is 14.7. The van der Waals surface area contributed by atoms with Crippen LogP contribution in [0.2, 0.25) is 0 Å². The number of ether oxygens (including phenoxy) is 4. The van der Waals surface area contributed by atoms with Crippen molar-refractivity contribution < 1.29 is 18.9 Å². The molecule has 0 spiro atoms. The fourth-order valence-corrected chi connectivity index (χ4v) is 3.95. The van der Waals surface area contributed by atoms with Crippen LogP contribution >= 0.6 is 15.9 Å². The Morgan fingerprint density at radius 3 is 2.30 bits per heavy atom. The molecule has 0 aliphatic carbocycles. The molecule has 0 unspecified atom stereocenters. The minimum atomic E-state index is 0.0261. The predicted octanol–water partition coefficient (Wildman–Crippen LogP) is 2.81. The smallest absolute Gasteiger partial charge is 0.162 e. The third kappa shape index (κ3) is 3.50. The van der Waals surface area contributed by atoms with Crippen molar-refractivity contribution in [3.8, 4) is 11.5 Å². The molecule has 0 N–H and O–H groups in total. The van der Waals surface area contributed by atoms with Crippen LogP contribution in [0.15, 0.2) is 16.6 Å². The fraction of sp³-hybridized carbons (Fsp3) is 0.647. The Balaban J connectivity index is 1.37. The molecule has 0 saturated carbocycles. The molecule has 3 aliphatic rings. The molecule has 0 aromatic heterocycles. The molecule has 6 heteroatoms. The second-order valence-electron chi connectivity index (χ2n) is 6.31. The first-order valence-corrected chi connectivity index (χ1v) is 9.12. The summed E-state index contributed by atoms with van der Waals surface area (Å²) in [6.07, 6.45) is 2.29. The van der Waals surface area contributed by atoms with Gasteiger partial charge in [-0.05, 0) is 43.6 Å². The molecule has 0 bridgehead atoms. The highest BCUT2D eigenvalue weighted by atomic mass is 79.9. The van der Waals surface area contributed by atoms with E-state index in [-0.39, 0.29) is 6.29 Å². The molecule has 5 nitrogen and oxygen atoms in total. The van der Waals surface area contributed by atoms with Gasteiger partial charge in [0.15, 0.2) is 17.8 Å². The Bertz CT molecular complexity index is 554.